The van der Waals surface area contributed by atoms with Crippen molar-refractivity contribution in [1.82, 2.24) is 5.32 Å². The van der Waals surface area contributed by atoms with Crippen LogP contribution in [0, 0.1) is 11.8 Å². The highest BCUT2D eigenvalue weighted by molar-refractivity contribution is 5.17. The fraction of sp³-hybridized carbons (Fsp3) is 0.647. The molecule has 1 aromatic rings. The van der Waals surface area contributed by atoms with Crippen LogP contribution in [0.5, 0.6) is 0 Å². The van der Waals surface area contributed by atoms with Crippen LogP contribution < -0.4 is 5.32 Å². The highest BCUT2D eigenvalue weighted by Crippen LogP contribution is 2.30. The van der Waals surface area contributed by atoms with Gasteiger partial charge in [0.15, 0.2) is 0 Å². The summed E-state index contributed by atoms with van der Waals surface area (Å²) in [6.45, 7) is 5.30. The second-order valence-electron chi connectivity index (χ2n) is 6.13. The molecule has 0 spiro atoms. The van der Waals surface area contributed by atoms with Crippen LogP contribution in [0.25, 0.3) is 0 Å². The van der Waals surface area contributed by atoms with Crippen molar-refractivity contribution in [3.8, 4) is 0 Å². The molecule has 2 nitrogen and oxygen atoms in total. The van der Waals surface area contributed by atoms with Crippen molar-refractivity contribution in [3.63, 3.8) is 0 Å². The van der Waals surface area contributed by atoms with Gasteiger partial charge >= 0.3 is 0 Å². The van der Waals surface area contributed by atoms with Gasteiger partial charge in [-0.25, -0.2) is 0 Å². The zero-order valence-corrected chi connectivity index (χ0v) is 12.2. The van der Waals surface area contributed by atoms with Crippen LogP contribution in [0.1, 0.15) is 51.2 Å². The first-order chi connectivity index (χ1) is 9.18. The Kier molecular flexibility index (Phi) is 5.41. The molecule has 2 heteroatoms. The zero-order valence-electron chi connectivity index (χ0n) is 12.2. The molecule has 1 aromatic carbocycles. The Hall–Kier alpha value is -0.860. The normalized spacial score (nSPS) is 25.5. The van der Waals surface area contributed by atoms with Crippen LogP contribution in [0.3, 0.4) is 0 Å². The lowest BCUT2D eigenvalue weighted by atomic mass is 9.78. The van der Waals surface area contributed by atoms with Gasteiger partial charge in [0.2, 0.25) is 0 Å². The van der Waals surface area contributed by atoms with Crippen molar-refractivity contribution in [2.75, 3.05) is 6.54 Å². The zero-order chi connectivity index (χ0) is 13.7. The maximum absolute atomic E-state index is 10.2. The molecule has 1 fully saturated rings. The number of hydrogen-bond donors (Lipinski definition) is 2. The Bertz CT molecular complexity index is 363. The van der Waals surface area contributed by atoms with Crippen molar-refractivity contribution in [1.29, 1.82) is 0 Å². The second-order valence-corrected chi connectivity index (χ2v) is 6.13. The molecule has 19 heavy (non-hydrogen) atoms. The molecule has 0 radical (unpaired) electrons. The van der Waals surface area contributed by atoms with E-state index in [9.17, 15) is 5.11 Å². The number of nitrogens with one attached hydrogen (secondary N) is 1. The quantitative estimate of drug-likeness (QED) is 0.850. The summed E-state index contributed by atoms with van der Waals surface area (Å²) in [5.41, 5.74) is 1.01. The van der Waals surface area contributed by atoms with Crippen molar-refractivity contribution in [2.45, 2.75) is 51.7 Å². The number of aliphatic hydroxyl groups is 1. The number of hydrogen-bond acceptors (Lipinski definition) is 2. The molecular formula is C17H27NO. The maximum atomic E-state index is 10.2. The minimum absolute atomic E-state index is 0.393. The molecule has 0 heterocycles. The van der Waals surface area contributed by atoms with Gasteiger partial charge in [0.25, 0.3) is 0 Å². The van der Waals surface area contributed by atoms with Gasteiger partial charge in [0.1, 0.15) is 0 Å². The van der Waals surface area contributed by atoms with E-state index in [1.807, 2.05) is 30.3 Å². The van der Waals surface area contributed by atoms with E-state index in [0.717, 1.165) is 17.4 Å². The number of aliphatic hydroxyl groups excluding tert-OH is 1. The third-order valence-corrected chi connectivity index (χ3v) is 4.43. The minimum Gasteiger partial charge on any atom is -0.387 e. The van der Waals surface area contributed by atoms with Gasteiger partial charge in [0.05, 0.1) is 6.10 Å². The van der Waals surface area contributed by atoms with E-state index >= 15 is 0 Å². The van der Waals surface area contributed by atoms with E-state index < -0.39 is 6.10 Å². The van der Waals surface area contributed by atoms with Gasteiger partial charge in [-0.05, 0) is 30.2 Å². The smallest absolute Gasteiger partial charge is 0.0914 e. The minimum atomic E-state index is -0.393. The van der Waals surface area contributed by atoms with Crippen LogP contribution in [0.4, 0.5) is 0 Å². The van der Waals surface area contributed by atoms with E-state index in [0.29, 0.717) is 12.6 Å². The summed E-state index contributed by atoms with van der Waals surface area (Å²) in [4.78, 5) is 0. The summed E-state index contributed by atoms with van der Waals surface area (Å²) in [6, 6.07) is 10.5. The van der Waals surface area contributed by atoms with Gasteiger partial charge in [-0.1, -0.05) is 57.0 Å². The molecular weight excluding hydrogens is 234 g/mol. The fourth-order valence-corrected chi connectivity index (χ4v) is 3.27. The lowest BCUT2D eigenvalue weighted by Gasteiger charge is -2.35. The fourth-order valence-electron chi connectivity index (χ4n) is 3.27. The SMILES string of the molecule is CC(C)C1CCCCC1NCC(O)c1ccccc1. The summed E-state index contributed by atoms with van der Waals surface area (Å²) in [5.74, 6) is 1.49. The predicted octanol–water partition coefficient (Wildman–Crippen LogP) is 3.52. The van der Waals surface area contributed by atoms with E-state index in [2.05, 4.69) is 19.2 Å². The molecule has 2 N–H and O–H groups in total. The molecule has 0 saturated heterocycles. The second kappa shape index (κ2) is 7.06. The Morgan fingerprint density at radius 2 is 1.84 bits per heavy atom. The summed E-state index contributed by atoms with van der Waals surface area (Å²) in [7, 11) is 0. The molecule has 0 aliphatic heterocycles. The van der Waals surface area contributed by atoms with E-state index in [1.54, 1.807) is 0 Å². The molecule has 1 aliphatic carbocycles. The molecule has 0 bridgehead atoms. The molecule has 2 rings (SSSR count). The average molecular weight is 261 g/mol. The number of rotatable bonds is 5. The molecule has 1 saturated carbocycles. The standard InChI is InChI=1S/C17H27NO/c1-13(2)15-10-6-7-11-16(15)18-12-17(19)14-8-4-3-5-9-14/h3-5,8-9,13,15-19H,6-7,10-12H2,1-2H3. The topological polar surface area (TPSA) is 32.3 Å². The molecule has 0 aromatic heterocycles. The monoisotopic (exact) mass is 261 g/mol. The van der Waals surface area contributed by atoms with Crippen LogP contribution in [0.2, 0.25) is 0 Å². The Morgan fingerprint density at radius 3 is 2.53 bits per heavy atom. The summed E-state index contributed by atoms with van der Waals surface area (Å²) < 4.78 is 0. The molecule has 3 unspecified atom stereocenters. The third-order valence-electron chi connectivity index (χ3n) is 4.43. The van der Waals surface area contributed by atoms with Gasteiger partial charge in [-0.15, -0.1) is 0 Å². The summed E-state index contributed by atoms with van der Waals surface area (Å²) >= 11 is 0. The van der Waals surface area contributed by atoms with Crippen molar-refractivity contribution >= 4 is 0 Å². The van der Waals surface area contributed by atoms with Gasteiger partial charge in [-0.2, -0.15) is 0 Å². The lowest BCUT2D eigenvalue weighted by molar-refractivity contribution is 0.144. The number of benzene rings is 1. The van der Waals surface area contributed by atoms with Crippen LogP contribution in [-0.2, 0) is 0 Å². The average Bonchev–Trinajstić information content (AvgIpc) is 2.46. The van der Waals surface area contributed by atoms with Gasteiger partial charge < -0.3 is 10.4 Å². The van der Waals surface area contributed by atoms with E-state index in [1.165, 1.54) is 25.7 Å². The van der Waals surface area contributed by atoms with Crippen LogP contribution in [-0.4, -0.2) is 17.7 Å². The maximum Gasteiger partial charge on any atom is 0.0914 e. The van der Waals surface area contributed by atoms with E-state index in [4.69, 9.17) is 0 Å². The first-order valence-corrected chi connectivity index (χ1v) is 7.65. The Balaban J connectivity index is 1.87. The molecule has 1 aliphatic rings. The van der Waals surface area contributed by atoms with Crippen LogP contribution >= 0.6 is 0 Å². The first-order valence-electron chi connectivity index (χ1n) is 7.65. The Morgan fingerprint density at radius 1 is 1.16 bits per heavy atom. The van der Waals surface area contributed by atoms with Crippen molar-refractivity contribution in [3.05, 3.63) is 35.9 Å². The van der Waals surface area contributed by atoms with Crippen molar-refractivity contribution < 1.29 is 5.11 Å². The molecule has 3 atom stereocenters. The van der Waals surface area contributed by atoms with Gasteiger partial charge in [-0.3, -0.25) is 0 Å². The summed E-state index contributed by atoms with van der Waals surface area (Å²) in [5, 5.41) is 13.8. The van der Waals surface area contributed by atoms with E-state index in [-0.39, 0.29) is 0 Å². The van der Waals surface area contributed by atoms with Crippen molar-refractivity contribution in [2.24, 2.45) is 11.8 Å². The highest BCUT2D eigenvalue weighted by Gasteiger charge is 2.27. The largest absolute Gasteiger partial charge is 0.387 e. The third kappa shape index (κ3) is 4.05. The van der Waals surface area contributed by atoms with Gasteiger partial charge in [0, 0.05) is 12.6 Å². The summed E-state index contributed by atoms with van der Waals surface area (Å²) in [6.07, 6.45) is 4.88. The first kappa shape index (κ1) is 14.5. The predicted molar refractivity (Wildman–Crippen MR) is 80.0 cm³/mol. The highest BCUT2D eigenvalue weighted by atomic mass is 16.3. The lowest BCUT2D eigenvalue weighted by Crippen LogP contribution is -2.42. The Labute approximate surface area is 117 Å². The van der Waals surface area contributed by atoms with Crippen LogP contribution in [0.15, 0.2) is 30.3 Å². The molecule has 106 valence electrons. The molecule has 0 amide bonds.